The molecule has 1 unspecified atom stereocenters. The number of rotatable bonds is 3. The zero-order chi connectivity index (χ0) is 14.1. The summed E-state index contributed by atoms with van der Waals surface area (Å²) in [4.78, 5) is 17.1. The van der Waals surface area contributed by atoms with Crippen molar-refractivity contribution in [1.29, 1.82) is 0 Å². The smallest absolute Gasteiger partial charge is 0.278 e. The van der Waals surface area contributed by atoms with Gasteiger partial charge in [0.1, 0.15) is 5.52 Å². The Hall–Kier alpha value is -2.21. The van der Waals surface area contributed by atoms with Gasteiger partial charge < -0.3 is 10.0 Å². The number of nitro groups is 1. The first-order valence-electron chi connectivity index (χ1n) is 6.62. The molecule has 20 heavy (non-hydrogen) atoms. The van der Waals surface area contributed by atoms with Crippen LogP contribution in [-0.2, 0) is 0 Å². The number of nitro benzene ring substituents is 1. The van der Waals surface area contributed by atoms with Crippen molar-refractivity contribution in [3.8, 4) is 0 Å². The van der Waals surface area contributed by atoms with Crippen LogP contribution in [0.25, 0.3) is 10.9 Å². The van der Waals surface area contributed by atoms with E-state index in [0.29, 0.717) is 10.9 Å². The predicted molar refractivity (Wildman–Crippen MR) is 75.9 cm³/mol. The van der Waals surface area contributed by atoms with E-state index in [1.165, 1.54) is 6.07 Å². The number of nitrogens with zero attached hydrogens (tertiary/aromatic N) is 3. The Morgan fingerprint density at radius 3 is 3.05 bits per heavy atom. The zero-order valence-electron chi connectivity index (χ0n) is 10.9. The normalized spacial score (nSPS) is 18.6. The maximum absolute atomic E-state index is 11.1. The molecule has 1 aromatic carbocycles. The molecule has 1 N–H and O–H groups in total. The molecule has 1 fully saturated rings. The molecule has 1 aliphatic heterocycles. The summed E-state index contributed by atoms with van der Waals surface area (Å²) in [5, 5.41) is 21.1. The van der Waals surface area contributed by atoms with Crippen molar-refractivity contribution in [3.63, 3.8) is 0 Å². The fraction of sp³-hybridized carbons (Fsp3) is 0.357. The quantitative estimate of drug-likeness (QED) is 0.684. The highest BCUT2D eigenvalue weighted by molar-refractivity contribution is 5.97. The second kappa shape index (κ2) is 5.05. The van der Waals surface area contributed by atoms with Crippen LogP contribution in [0, 0.1) is 10.1 Å². The van der Waals surface area contributed by atoms with Gasteiger partial charge in [-0.2, -0.15) is 0 Å². The van der Waals surface area contributed by atoms with Gasteiger partial charge in [0.15, 0.2) is 0 Å². The van der Waals surface area contributed by atoms with E-state index in [0.717, 1.165) is 25.1 Å². The van der Waals surface area contributed by atoms with Gasteiger partial charge in [-0.3, -0.25) is 15.1 Å². The topological polar surface area (TPSA) is 79.5 Å². The van der Waals surface area contributed by atoms with E-state index in [1.54, 1.807) is 24.4 Å². The monoisotopic (exact) mass is 273 g/mol. The van der Waals surface area contributed by atoms with Gasteiger partial charge in [0.25, 0.3) is 5.69 Å². The van der Waals surface area contributed by atoms with Gasteiger partial charge in [-0.25, -0.2) is 0 Å². The van der Waals surface area contributed by atoms with Gasteiger partial charge in [0.05, 0.1) is 28.6 Å². The van der Waals surface area contributed by atoms with E-state index in [-0.39, 0.29) is 23.3 Å². The lowest BCUT2D eigenvalue weighted by Gasteiger charge is -2.26. The fourth-order valence-corrected chi connectivity index (χ4v) is 2.88. The molecule has 3 rings (SSSR count). The third kappa shape index (κ3) is 1.98. The molecule has 1 saturated heterocycles. The van der Waals surface area contributed by atoms with Crippen LogP contribution < -0.4 is 4.90 Å². The molecule has 0 aliphatic carbocycles. The van der Waals surface area contributed by atoms with Crippen LogP contribution in [0.3, 0.4) is 0 Å². The Balaban J connectivity index is 2.18. The average Bonchev–Trinajstić information content (AvgIpc) is 2.94. The van der Waals surface area contributed by atoms with E-state index in [2.05, 4.69) is 9.88 Å². The maximum Gasteiger partial charge on any atom is 0.278 e. The van der Waals surface area contributed by atoms with Crippen molar-refractivity contribution in [1.82, 2.24) is 4.98 Å². The second-order valence-corrected chi connectivity index (χ2v) is 4.93. The van der Waals surface area contributed by atoms with Crippen LogP contribution in [-0.4, -0.2) is 34.2 Å². The summed E-state index contributed by atoms with van der Waals surface area (Å²) in [5.41, 5.74) is 1.56. The number of hydrogen-bond donors (Lipinski definition) is 1. The minimum absolute atomic E-state index is 0.0663. The molecule has 0 bridgehead atoms. The SMILES string of the molecule is O=[N+]([O-])c1ccc(N2CCCC2CO)c2ncccc12. The van der Waals surface area contributed by atoms with Crippen LogP contribution >= 0.6 is 0 Å². The molecule has 0 amide bonds. The Morgan fingerprint density at radius 2 is 2.30 bits per heavy atom. The summed E-state index contributed by atoms with van der Waals surface area (Å²) in [6.07, 6.45) is 3.58. The maximum atomic E-state index is 11.1. The van der Waals surface area contributed by atoms with Crippen molar-refractivity contribution < 1.29 is 10.0 Å². The molecule has 6 heteroatoms. The molecule has 0 saturated carbocycles. The Bertz CT molecular complexity index is 659. The van der Waals surface area contributed by atoms with Gasteiger partial charge in [-0.05, 0) is 31.0 Å². The molecule has 1 aliphatic rings. The van der Waals surface area contributed by atoms with Crippen LogP contribution in [0.4, 0.5) is 11.4 Å². The summed E-state index contributed by atoms with van der Waals surface area (Å²) in [7, 11) is 0. The third-order valence-corrected chi connectivity index (χ3v) is 3.82. The van der Waals surface area contributed by atoms with Gasteiger partial charge in [-0.1, -0.05) is 0 Å². The first-order valence-corrected chi connectivity index (χ1v) is 6.62. The lowest BCUT2D eigenvalue weighted by atomic mass is 10.1. The van der Waals surface area contributed by atoms with Crippen molar-refractivity contribution in [2.24, 2.45) is 0 Å². The Morgan fingerprint density at radius 1 is 1.45 bits per heavy atom. The molecule has 1 aromatic heterocycles. The zero-order valence-corrected chi connectivity index (χ0v) is 10.9. The number of fused-ring (bicyclic) bond motifs is 1. The van der Waals surface area contributed by atoms with Crippen molar-refractivity contribution in [2.75, 3.05) is 18.1 Å². The molecule has 0 spiro atoms. The number of aliphatic hydroxyl groups excluding tert-OH is 1. The molecule has 0 radical (unpaired) electrons. The number of hydrogen-bond acceptors (Lipinski definition) is 5. The Labute approximate surface area is 115 Å². The number of non-ortho nitro benzene ring substituents is 1. The molecular formula is C14H15N3O3. The van der Waals surface area contributed by atoms with E-state index >= 15 is 0 Å². The second-order valence-electron chi connectivity index (χ2n) is 4.93. The lowest BCUT2D eigenvalue weighted by molar-refractivity contribution is -0.383. The summed E-state index contributed by atoms with van der Waals surface area (Å²) < 4.78 is 0. The first kappa shape index (κ1) is 12.8. The fourth-order valence-electron chi connectivity index (χ4n) is 2.88. The average molecular weight is 273 g/mol. The van der Waals surface area contributed by atoms with Crippen LogP contribution in [0.5, 0.6) is 0 Å². The van der Waals surface area contributed by atoms with Crippen molar-refractivity contribution in [2.45, 2.75) is 18.9 Å². The highest BCUT2D eigenvalue weighted by atomic mass is 16.6. The minimum Gasteiger partial charge on any atom is -0.394 e. The molecule has 6 nitrogen and oxygen atoms in total. The standard InChI is InChI=1S/C14H15N3O3/c18-9-10-3-2-8-16(10)13-6-5-12(17(19)20)11-4-1-7-15-14(11)13/h1,4-7,10,18H,2-3,8-9H2. The van der Waals surface area contributed by atoms with Gasteiger partial charge >= 0.3 is 0 Å². The van der Waals surface area contributed by atoms with E-state index in [1.807, 2.05) is 0 Å². The molecule has 104 valence electrons. The summed E-state index contributed by atoms with van der Waals surface area (Å²) >= 11 is 0. The third-order valence-electron chi connectivity index (χ3n) is 3.82. The highest BCUT2D eigenvalue weighted by Gasteiger charge is 2.27. The summed E-state index contributed by atoms with van der Waals surface area (Å²) in [5.74, 6) is 0. The van der Waals surface area contributed by atoms with E-state index < -0.39 is 0 Å². The summed E-state index contributed by atoms with van der Waals surface area (Å²) in [6, 6.07) is 6.75. The van der Waals surface area contributed by atoms with Gasteiger partial charge in [0.2, 0.25) is 0 Å². The largest absolute Gasteiger partial charge is 0.394 e. The predicted octanol–water partition coefficient (Wildman–Crippen LogP) is 2.10. The van der Waals surface area contributed by atoms with Crippen LogP contribution in [0.1, 0.15) is 12.8 Å². The van der Waals surface area contributed by atoms with E-state index in [4.69, 9.17) is 0 Å². The van der Waals surface area contributed by atoms with Crippen LogP contribution in [0.2, 0.25) is 0 Å². The number of aromatic nitrogens is 1. The molecule has 2 heterocycles. The number of benzene rings is 1. The molecule has 1 atom stereocenters. The van der Waals surface area contributed by atoms with Crippen molar-refractivity contribution >= 4 is 22.3 Å². The Kier molecular flexibility index (Phi) is 3.23. The summed E-state index contributed by atoms with van der Waals surface area (Å²) in [6.45, 7) is 0.931. The minimum atomic E-state index is -0.388. The number of aliphatic hydroxyl groups is 1. The van der Waals surface area contributed by atoms with Crippen LogP contribution in [0.15, 0.2) is 30.5 Å². The molecular weight excluding hydrogens is 258 g/mol. The first-order chi connectivity index (χ1) is 9.72. The number of pyridine rings is 1. The molecule has 2 aromatic rings. The lowest BCUT2D eigenvalue weighted by Crippen LogP contribution is -2.32. The number of anilines is 1. The highest BCUT2D eigenvalue weighted by Crippen LogP contribution is 2.35. The van der Waals surface area contributed by atoms with Crippen molar-refractivity contribution in [3.05, 3.63) is 40.6 Å². The van der Waals surface area contributed by atoms with Gasteiger partial charge in [-0.15, -0.1) is 0 Å². The van der Waals surface area contributed by atoms with E-state index in [9.17, 15) is 15.2 Å². The van der Waals surface area contributed by atoms with Gasteiger partial charge in [0, 0.05) is 18.8 Å².